The van der Waals surface area contributed by atoms with Gasteiger partial charge in [-0.3, -0.25) is 0 Å². The lowest BCUT2D eigenvalue weighted by atomic mass is 10.9. The minimum Gasteiger partial charge on any atom is -0.151 e. The predicted molar refractivity (Wildman–Crippen MR) is 106 cm³/mol. The molecule has 0 aromatic carbocycles. The minimum absolute atomic E-state index is 0.0210. The molecule has 0 nitrogen and oxygen atoms in total. The summed E-state index contributed by atoms with van der Waals surface area (Å²) in [4.78, 5) is 0. The fraction of sp³-hybridized carbons (Fsp3) is 0.400. The summed E-state index contributed by atoms with van der Waals surface area (Å²) >= 11 is 15.7. The van der Waals surface area contributed by atoms with Gasteiger partial charge in [0.15, 0.2) is 0 Å². The summed E-state index contributed by atoms with van der Waals surface area (Å²) in [7, 11) is 4.14. The maximum absolute atomic E-state index is 5.02. The maximum atomic E-state index is 5.02. The van der Waals surface area contributed by atoms with E-state index in [1.165, 1.54) is 4.24 Å². The normalized spacial score (nSPS) is 52.2. The number of rotatable bonds is 0. The average Bonchev–Trinajstić information content (AvgIpc) is 2.77. The van der Waals surface area contributed by atoms with Crippen molar-refractivity contribution in [2.45, 2.75) is 20.7 Å². The van der Waals surface area contributed by atoms with Crippen LogP contribution in [-0.2, 0) is 0 Å². The van der Waals surface area contributed by atoms with E-state index >= 15 is 0 Å². The van der Waals surface area contributed by atoms with Crippen LogP contribution in [-0.4, -0.2) is 6.82 Å². The van der Waals surface area contributed by atoms with E-state index < -0.39 is 6.36 Å². The number of hydrogen-bond acceptors (Lipinski definition) is 7. The van der Waals surface area contributed by atoms with Crippen LogP contribution in [0.25, 0.3) is 0 Å². The standard InChI is InChI=1S/C10H12S8/c1-9(11)16-18(9,10(2,12)17-18)6-5-15-8(18)7-13-3-4-14-7/h3-6,11-12H,1-2H3. The van der Waals surface area contributed by atoms with E-state index in [2.05, 4.69) is 57.1 Å². The Bertz CT molecular complexity index is 561. The molecule has 18 heavy (non-hydrogen) atoms. The van der Waals surface area contributed by atoms with Gasteiger partial charge in [0.25, 0.3) is 0 Å². The average molecular weight is 389 g/mol. The molecule has 2 unspecified atom stereocenters. The molecule has 100 valence electrons. The van der Waals surface area contributed by atoms with Gasteiger partial charge < -0.3 is 0 Å². The Morgan fingerprint density at radius 2 is 1.44 bits per heavy atom. The topological polar surface area (TPSA) is 0 Å². The van der Waals surface area contributed by atoms with Crippen LogP contribution < -0.4 is 0 Å². The van der Waals surface area contributed by atoms with Crippen molar-refractivity contribution in [1.29, 1.82) is 0 Å². The Kier molecular flexibility index (Phi) is 2.42. The van der Waals surface area contributed by atoms with Gasteiger partial charge in [0, 0.05) is 0 Å². The molecule has 0 aromatic heterocycles. The fourth-order valence-corrected chi connectivity index (χ4v) is 41.2. The first-order valence-electron chi connectivity index (χ1n) is 5.27. The highest BCUT2D eigenvalue weighted by Gasteiger charge is 3.06. The Balaban J connectivity index is 2.04. The van der Waals surface area contributed by atoms with Crippen molar-refractivity contribution in [1.82, 2.24) is 0 Å². The van der Waals surface area contributed by atoms with Crippen LogP contribution in [0.5, 0.6) is 0 Å². The van der Waals surface area contributed by atoms with Crippen molar-refractivity contribution in [2.75, 3.05) is 0 Å². The van der Waals surface area contributed by atoms with E-state index in [4.69, 9.17) is 25.3 Å². The SMILES string of the molecule is CC1(S)SS123(C=CSC2=C1SC=CS1)SC3(C)S. The van der Waals surface area contributed by atoms with Crippen molar-refractivity contribution < 1.29 is 0 Å². The molecular weight excluding hydrogens is 377 g/mol. The van der Waals surface area contributed by atoms with Crippen LogP contribution in [0.4, 0.5) is 0 Å². The molecule has 4 aliphatic rings. The van der Waals surface area contributed by atoms with E-state index in [0.717, 1.165) is 0 Å². The molecule has 0 aliphatic carbocycles. The van der Waals surface area contributed by atoms with Crippen LogP contribution in [0.3, 0.4) is 0 Å². The third-order valence-corrected chi connectivity index (χ3v) is 35.8. The fourth-order valence-electron chi connectivity index (χ4n) is 2.93. The van der Waals surface area contributed by atoms with Crippen LogP contribution in [0.2, 0.25) is 0 Å². The van der Waals surface area contributed by atoms with E-state index in [1.807, 2.05) is 35.3 Å². The monoisotopic (exact) mass is 388 g/mol. The molecule has 2 fully saturated rings. The molecular formula is C10H12S8. The third kappa shape index (κ3) is 0.953. The number of thiol groups is 2. The van der Waals surface area contributed by atoms with Gasteiger partial charge >= 0.3 is 0 Å². The van der Waals surface area contributed by atoms with Crippen molar-refractivity contribution in [3.8, 4) is 0 Å². The predicted octanol–water partition coefficient (Wildman–Crippen LogP) is 6.69. The van der Waals surface area contributed by atoms with Crippen molar-refractivity contribution >= 4 is 88.5 Å². The van der Waals surface area contributed by atoms with Crippen molar-refractivity contribution in [2.24, 2.45) is 0 Å². The summed E-state index contributed by atoms with van der Waals surface area (Å²) in [5, 5.41) is 9.13. The molecule has 4 heterocycles. The van der Waals surface area contributed by atoms with Gasteiger partial charge in [-0.1, -0.05) is 56.9 Å². The van der Waals surface area contributed by atoms with E-state index in [-0.39, 0.29) is 6.82 Å². The molecule has 4 aliphatic heterocycles. The highest BCUT2D eigenvalue weighted by atomic mass is 33.7. The van der Waals surface area contributed by atoms with Crippen molar-refractivity contribution in [3.05, 3.63) is 30.1 Å². The largest absolute Gasteiger partial charge is 0.151 e. The Labute approximate surface area is 138 Å². The molecule has 0 aromatic rings. The zero-order chi connectivity index (χ0) is 12.9. The van der Waals surface area contributed by atoms with Gasteiger partial charge in [-0.15, -0.1) is 6.36 Å². The van der Waals surface area contributed by atoms with E-state index in [1.54, 1.807) is 4.24 Å². The van der Waals surface area contributed by atoms with Gasteiger partial charge in [-0.25, -0.2) is 0 Å². The van der Waals surface area contributed by atoms with Gasteiger partial charge in [-0.2, -0.15) is 25.3 Å². The van der Waals surface area contributed by atoms with E-state index in [9.17, 15) is 0 Å². The molecule has 4 rings (SSSR count). The van der Waals surface area contributed by atoms with Crippen LogP contribution in [0, 0.1) is 0 Å². The Hall–Kier alpha value is 2.02. The molecule has 2 saturated heterocycles. The lowest BCUT2D eigenvalue weighted by molar-refractivity contribution is 1.30. The molecule has 0 bridgehead atoms. The second kappa shape index (κ2) is 3.19. The van der Waals surface area contributed by atoms with Crippen molar-refractivity contribution in [3.63, 3.8) is 0 Å². The summed E-state index contributed by atoms with van der Waals surface area (Å²) in [5.41, 5.74) is 0. The molecule has 0 N–H and O–H groups in total. The zero-order valence-electron chi connectivity index (χ0n) is 9.65. The van der Waals surface area contributed by atoms with Gasteiger partial charge in [0.05, 0.1) is 8.47 Å². The minimum atomic E-state index is -2.49. The molecule has 0 saturated carbocycles. The summed E-state index contributed by atoms with van der Waals surface area (Å²) in [6.07, 6.45) is -2.49. The first-order valence-corrected chi connectivity index (χ1v) is 14.0. The molecule has 8 heteroatoms. The van der Waals surface area contributed by atoms with Gasteiger partial charge in [0.1, 0.15) is 6.82 Å². The molecule has 0 radical (unpaired) electrons. The lowest BCUT2D eigenvalue weighted by Gasteiger charge is -2.45. The maximum Gasteiger partial charge on any atom is 0.106 e. The first kappa shape index (κ1) is 13.7. The van der Waals surface area contributed by atoms with Crippen LogP contribution in [0.1, 0.15) is 13.8 Å². The second-order valence-corrected chi connectivity index (χ2v) is 25.5. The third-order valence-electron chi connectivity index (χ3n) is 4.05. The first-order chi connectivity index (χ1) is 8.28. The Morgan fingerprint density at radius 3 is 1.89 bits per heavy atom. The van der Waals surface area contributed by atoms with Crippen LogP contribution in [0.15, 0.2) is 30.1 Å². The highest BCUT2D eigenvalue weighted by Crippen LogP contribution is 3.46. The number of hydrogen-bond donors (Lipinski definition) is 2. The quantitative estimate of drug-likeness (QED) is 0.269. The van der Waals surface area contributed by atoms with Gasteiger partial charge in [-0.05, 0) is 35.5 Å². The molecule has 1 spiro atoms. The summed E-state index contributed by atoms with van der Waals surface area (Å²) in [6, 6.07) is 0. The molecule has 2 atom stereocenters. The number of thioether (sulfide) groups is 3. The highest BCUT2D eigenvalue weighted by molar-refractivity contribution is 9.66. The van der Waals surface area contributed by atoms with E-state index in [0.29, 0.717) is 0 Å². The summed E-state index contributed by atoms with van der Waals surface area (Å²) in [6.45, 7) is 4.57. The smallest absolute Gasteiger partial charge is 0.106 e. The zero-order valence-corrected chi connectivity index (χ0v) is 16.3. The van der Waals surface area contributed by atoms with Crippen LogP contribution >= 0.6 is 88.5 Å². The van der Waals surface area contributed by atoms with Gasteiger partial charge in [0.2, 0.25) is 0 Å². The Morgan fingerprint density at radius 1 is 0.944 bits per heavy atom. The summed E-state index contributed by atoms with van der Waals surface area (Å²) in [5.74, 6) is 0. The lowest BCUT2D eigenvalue weighted by Crippen LogP contribution is -2.15. The molecule has 0 amide bonds. The summed E-state index contributed by atoms with van der Waals surface area (Å²) < 4.78 is 3.04. The second-order valence-electron chi connectivity index (χ2n) is 4.86.